The minimum atomic E-state index is -6.63. The number of alkyl halides is 8. The molecule has 0 aromatic heterocycles. The molecule has 0 bridgehead atoms. The zero-order valence-corrected chi connectivity index (χ0v) is 9.46. The summed E-state index contributed by atoms with van der Waals surface area (Å²) in [5.74, 6) is -18.6. The van der Waals surface area contributed by atoms with E-state index in [1.165, 1.54) is 0 Å². The number of ether oxygens (including phenoxy) is 2. The minimum absolute atomic E-state index is 0.583. The lowest BCUT2D eigenvalue weighted by atomic mass is 10.1. The van der Waals surface area contributed by atoms with Crippen LogP contribution in [0.25, 0.3) is 0 Å². The quantitative estimate of drug-likeness (QED) is 0.574. The number of rotatable bonds is 5. The molecular weight excluding hydrogens is 296 g/mol. The van der Waals surface area contributed by atoms with E-state index in [4.69, 9.17) is 0 Å². The Balaban J connectivity index is 5.33. The topological polar surface area (TPSA) is 35.5 Å². The number of carbonyl (C=O) groups is 1. The number of hydrogen-bond donors (Lipinski definition) is 0. The lowest BCUT2D eigenvalue weighted by molar-refractivity contribution is -0.413. The van der Waals surface area contributed by atoms with Gasteiger partial charge in [-0.15, -0.1) is 0 Å². The standard InChI is InChI=1S/C8H8F8O3/c1-3-18-4(17)19-8(15,16)7(13,14)6(11,12)5(2,9)10/h3H2,1-2H3. The van der Waals surface area contributed by atoms with Crippen LogP contribution in [0.5, 0.6) is 0 Å². The van der Waals surface area contributed by atoms with Crippen molar-refractivity contribution in [3.05, 3.63) is 0 Å². The molecule has 0 spiro atoms. The van der Waals surface area contributed by atoms with E-state index in [-0.39, 0.29) is 0 Å². The maximum Gasteiger partial charge on any atom is 0.513 e. The highest BCUT2D eigenvalue weighted by atomic mass is 19.4. The van der Waals surface area contributed by atoms with Crippen molar-refractivity contribution in [1.82, 2.24) is 0 Å². The number of hydrogen-bond acceptors (Lipinski definition) is 3. The van der Waals surface area contributed by atoms with Crippen molar-refractivity contribution in [2.24, 2.45) is 0 Å². The van der Waals surface area contributed by atoms with Crippen molar-refractivity contribution in [2.45, 2.75) is 37.7 Å². The smallest absolute Gasteiger partial charge is 0.434 e. The summed E-state index contributed by atoms with van der Waals surface area (Å²) >= 11 is 0. The van der Waals surface area contributed by atoms with Gasteiger partial charge in [-0.25, -0.2) is 4.79 Å². The van der Waals surface area contributed by atoms with Gasteiger partial charge in [0.1, 0.15) is 0 Å². The average Bonchev–Trinajstić information content (AvgIpc) is 2.14. The van der Waals surface area contributed by atoms with Crippen molar-refractivity contribution in [1.29, 1.82) is 0 Å². The first-order chi connectivity index (χ1) is 8.20. The van der Waals surface area contributed by atoms with Gasteiger partial charge in [-0.2, -0.15) is 35.1 Å². The van der Waals surface area contributed by atoms with Gasteiger partial charge in [-0.3, -0.25) is 0 Å². The fourth-order valence-electron chi connectivity index (χ4n) is 0.774. The Morgan fingerprint density at radius 2 is 1.37 bits per heavy atom. The maximum atomic E-state index is 12.8. The third-order valence-electron chi connectivity index (χ3n) is 1.78. The van der Waals surface area contributed by atoms with Gasteiger partial charge < -0.3 is 9.47 Å². The molecule has 0 amide bonds. The Kier molecular flexibility index (Phi) is 4.66. The van der Waals surface area contributed by atoms with Crippen LogP contribution in [-0.4, -0.2) is 36.6 Å². The molecular formula is C8H8F8O3. The van der Waals surface area contributed by atoms with Crippen molar-refractivity contribution in [3.8, 4) is 0 Å². The summed E-state index contributed by atoms with van der Waals surface area (Å²) in [5, 5.41) is 0. The minimum Gasteiger partial charge on any atom is -0.434 e. The molecule has 0 atom stereocenters. The summed E-state index contributed by atoms with van der Waals surface area (Å²) in [7, 11) is 0. The molecule has 0 saturated heterocycles. The molecule has 3 nitrogen and oxygen atoms in total. The summed E-state index contributed by atoms with van der Waals surface area (Å²) in [6.45, 7) is -0.186. The molecule has 0 aromatic rings. The fourth-order valence-corrected chi connectivity index (χ4v) is 0.774. The molecule has 0 aromatic carbocycles. The molecule has 0 aliphatic heterocycles. The lowest BCUT2D eigenvalue weighted by Crippen LogP contribution is -2.62. The van der Waals surface area contributed by atoms with Crippen molar-refractivity contribution < 1.29 is 49.4 Å². The zero-order valence-electron chi connectivity index (χ0n) is 9.46. The van der Waals surface area contributed by atoms with Crippen LogP contribution >= 0.6 is 0 Å². The number of carbonyl (C=O) groups excluding carboxylic acids is 1. The van der Waals surface area contributed by atoms with E-state index in [0.29, 0.717) is 0 Å². The van der Waals surface area contributed by atoms with Gasteiger partial charge >= 0.3 is 30.0 Å². The van der Waals surface area contributed by atoms with E-state index in [1.54, 1.807) is 0 Å². The molecule has 0 unspecified atom stereocenters. The molecule has 0 saturated carbocycles. The van der Waals surface area contributed by atoms with Crippen LogP contribution in [-0.2, 0) is 9.47 Å². The number of halogens is 8. The van der Waals surface area contributed by atoms with Crippen LogP contribution in [0.15, 0.2) is 0 Å². The molecule has 114 valence electrons. The highest BCUT2D eigenvalue weighted by Gasteiger charge is 2.81. The van der Waals surface area contributed by atoms with Gasteiger partial charge in [0.25, 0.3) is 0 Å². The van der Waals surface area contributed by atoms with Crippen LogP contribution in [0.2, 0.25) is 0 Å². The van der Waals surface area contributed by atoms with Gasteiger partial charge in [-0.05, 0) is 6.92 Å². The van der Waals surface area contributed by atoms with E-state index in [2.05, 4.69) is 9.47 Å². The van der Waals surface area contributed by atoms with Gasteiger partial charge in [0.05, 0.1) is 6.61 Å². The van der Waals surface area contributed by atoms with Gasteiger partial charge in [0.2, 0.25) is 0 Å². The second-order valence-corrected chi connectivity index (χ2v) is 3.34. The Morgan fingerprint density at radius 1 is 0.947 bits per heavy atom. The summed E-state index contributed by atoms with van der Waals surface area (Å²) in [6.07, 6.45) is -8.58. The molecule has 0 radical (unpaired) electrons. The maximum absolute atomic E-state index is 12.8. The third-order valence-corrected chi connectivity index (χ3v) is 1.78. The first-order valence-electron chi connectivity index (χ1n) is 4.57. The predicted octanol–water partition coefficient (Wildman–Crippen LogP) is 3.68. The second kappa shape index (κ2) is 5.00. The van der Waals surface area contributed by atoms with Crippen LogP contribution in [0.4, 0.5) is 39.9 Å². The van der Waals surface area contributed by atoms with Gasteiger partial charge in [-0.1, -0.05) is 0 Å². The lowest BCUT2D eigenvalue weighted by Gasteiger charge is -2.34. The zero-order chi connectivity index (χ0) is 15.7. The molecule has 0 fully saturated rings. The van der Waals surface area contributed by atoms with Crippen LogP contribution < -0.4 is 0 Å². The predicted molar refractivity (Wildman–Crippen MR) is 43.6 cm³/mol. The van der Waals surface area contributed by atoms with Crippen LogP contribution in [0.1, 0.15) is 13.8 Å². The second-order valence-electron chi connectivity index (χ2n) is 3.34. The summed E-state index contributed by atoms with van der Waals surface area (Å²) in [4.78, 5) is 10.4. The molecule has 0 heterocycles. The molecule has 0 N–H and O–H groups in total. The van der Waals surface area contributed by atoms with E-state index >= 15 is 0 Å². The normalized spacial score (nSPS) is 14.2. The van der Waals surface area contributed by atoms with Crippen LogP contribution in [0, 0.1) is 0 Å². The SMILES string of the molecule is CCOC(=O)OC(F)(F)C(F)(F)C(F)(F)C(C)(F)F. The van der Waals surface area contributed by atoms with Crippen LogP contribution in [0.3, 0.4) is 0 Å². The molecule has 11 heteroatoms. The molecule has 0 aliphatic rings. The third kappa shape index (κ3) is 3.18. The van der Waals surface area contributed by atoms with Gasteiger partial charge in [0, 0.05) is 6.92 Å². The highest BCUT2D eigenvalue weighted by Crippen LogP contribution is 2.52. The first-order valence-corrected chi connectivity index (χ1v) is 4.57. The Bertz CT molecular complexity index is 335. The summed E-state index contributed by atoms with van der Waals surface area (Å²) in [6, 6.07) is 0. The fraction of sp³-hybridized carbons (Fsp3) is 0.875. The summed E-state index contributed by atoms with van der Waals surface area (Å²) < 4.78 is 107. The largest absolute Gasteiger partial charge is 0.513 e. The van der Waals surface area contributed by atoms with E-state index in [0.717, 1.165) is 6.92 Å². The first kappa shape index (κ1) is 17.7. The monoisotopic (exact) mass is 304 g/mol. The van der Waals surface area contributed by atoms with Crippen molar-refractivity contribution in [2.75, 3.05) is 6.61 Å². The Labute approximate surface area is 101 Å². The van der Waals surface area contributed by atoms with Gasteiger partial charge in [0.15, 0.2) is 0 Å². The summed E-state index contributed by atoms with van der Waals surface area (Å²) in [5.41, 5.74) is 0. The van der Waals surface area contributed by atoms with E-state index < -0.39 is 43.6 Å². The Hall–Kier alpha value is -1.29. The molecule has 0 aliphatic carbocycles. The van der Waals surface area contributed by atoms with Crippen molar-refractivity contribution in [3.63, 3.8) is 0 Å². The molecule has 19 heavy (non-hydrogen) atoms. The van der Waals surface area contributed by atoms with E-state index in [9.17, 15) is 39.9 Å². The highest BCUT2D eigenvalue weighted by molar-refractivity contribution is 5.60. The average molecular weight is 304 g/mol. The Morgan fingerprint density at radius 3 is 1.68 bits per heavy atom. The van der Waals surface area contributed by atoms with Crippen molar-refractivity contribution >= 4 is 6.16 Å². The molecule has 0 rings (SSSR count). The van der Waals surface area contributed by atoms with E-state index in [1.807, 2.05) is 0 Å².